The van der Waals surface area contributed by atoms with Gasteiger partial charge in [-0.2, -0.15) is 0 Å². The van der Waals surface area contributed by atoms with E-state index in [0.29, 0.717) is 26.1 Å². The highest BCUT2D eigenvalue weighted by Gasteiger charge is 2.25. The number of rotatable bonds is 7. The van der Waals surface area contributed by atoms with Gasteiger partial charge in [-0.3, -0.25) is 4.79 Å². The van der Waals surface area contributed by atoms with E-state index in [1.165, 1.54) is 0 Å². The summed E-state index contributed by atoms with van der Waals surface area (Å²) in [5, 5.41) is 3.09. The highest BCUT2D eigenvalue weighted by atomic mass is 16.6. The lowest BCUT2D eigenvalue weighted by atomic mass is 9.95. The van der Waals surface area contributed by atoms with Crippen molar-refractivity contribution in [1.82, 2.24) is 10.2 Å². The molecular formula is C20H30N2O5. The number of carbonyl (C=O) groups excluding carboxylic acids is 2. The van der Waals surface area contributed by atoms with Gasteiger partial charge in [0.25, 0.3) is 0 Å². The van der Waals surface area contributed by atoms with Gasteiger partial charge < -0.3 is 24.4 Å². The first-order valence-electron chi connectivity index (χ1n) is 9.41. The van der Waals surface area contributed by atoms with E-state index in [1.807, 2.05) is 25.1 Å². The molecule has 7 heteroatoms. The number of piperidine rings is 1. The maximum Gasteiger partial charge on any atom is 0.409 e. The summed E-state index contributed by atoms with van der Waals surface area (Å²) < 4.78 is 15.7. The number of carbonyl (C=O) groups is 2. The van der Waals surface area contributed by atoms with Crippen molar-refractivity contribution in [3.8, 4) is 11.5 Å². The average Bonchev–Trinajstić information content (AvgIpc) is 2.67. The Morgan fingerprint density at radius 3 is 2.52 bits per heavy atom. The molecule has 0 aromatic heterocycles. The number of methoxy groups -OCH3 is 2. The van der Waals surface area contributed by atoms with Gasteiger partial charge in [0.05, 0.1) is 20.8 Å². The molecule has 1 aromatic rings. The SMILES string of the molecule is CCOC(=O)N1CCC(NC(=O)CC(C)c2ccc(OC)cc2OC)CC1. The van der Waals surface area contributed by atoms with Crippen LogP contribution in [0.3, 0.4) is 0 Å². The quantitative estimate of drug-likeness (QED) is 0.789. The summed E-state index contributed by atoms with van der Waals surface area (Å²) in [7, 11) is 3.22. The van der Waals surface area contributed by atoms with E-state index < -0.39 is 0 Å². The number of likely N-dealkylation sites (tertiary alicyclic amines) is 1. The van der Waals surface area contributed by atoms with Crippen LogP contribution in [0.15, 0.2) is 18.2 Å². The second-order valence-corrected chi connectivity index (χ2v) is 6.74. The number of amides is 2. The smallest absolute Gasteiger partial charge is 0.409 e. The third kappa shape index (κ3) is 5.77. The first-order valence-corrected chi connectivity index (χ1v) is 9.41. The molecular weight excluding hydrogens is 348 g/mol. The van der Waals surface area contributed by atoms with E-state index in [1.54, 1.807) is 26.0 Å². The molecule has 1 fully saturated rings. The molecule has 1 N–H and O–H groups in total. The van der Waals surface area contributed by atoms with Gasteiger partial charge in [0.2, 0.25) is 5.91 Å². The van der Waals surface area contributed by atoms with Crippen LogP contribution in [0.5, 0.6) is 11.5 Å². The van der Waals surface area contributed by atoms with E-state index in [2.05, 4.69) is 5.32 Å². The Balaban J connectivity index is 1.85. The monoisotopic (exact) mass is 378 g/mol. The Morgan fingerprint density at radius 2 is 1.93 bits per heavy atom. The molecule has 2 amide bonds. The van der Waals surface area contributed by atoms with Gasteiger partial charge in [0.1, 0.15) is 11.5 Å². The molecule has 0 spiro atoms. The van der Waals surface area contributed by atoms with Crippen LogP contribution in [0.25, 0.3) is 0 Å². The minimum Gasteiger partial charge on any atom is -0.497 e. The number of benzene rings is 1. The first-order chi connectivity index (χ1) is 13.0. The van der Waals surface area contributed by atoms with Gasteiger partial charge in [0.15, 0.2) is 0 Å². The van der Waals surface area contributed by atoms with Crippen LogP contribution in [0, 0.1) is 0 Å². The minimum atomic E-state index is -0.275. The second kappa shape index (κ2) is 10.0. The van der Waals surface area contributed by atoms with Crippen molar-refractivity contribution in [1.29, 1.82) is 0 Å². The number of nitrogens with zero attached hydrogens (tertiary/aromatic N) is 1. The predicted octanol–water partition coefficient (Wildman–Crippen LogP) is 2.93. The fraction of sp³-hybridized carbons (Fsp3) is 0.600. The van der Waals surface area contributed by atoms with Crippen molar-refractivity contribution in [2.45, 2.75) is 45.1 Å². The number of hydrogen-bond acceptors (Lipinski definition) is 5. The maximum absolute atomic E-state index is 12.5. The number of hydrogen-bond donors (Lipinski definition) is 1. The van der Waals surface area contributed by atoms with Crippen LogP contribution >= 0.6 is 0 Å². The van der Waals surface area contributed by atoms with E-state index in [9.17, 15) is 9.59 Å². The van der Waals surface area contributed by atoms with Crippen LogP contribution < -0.4 is 14.8 Å². The summed E-state index contributed by atoms with van der Waals surface area (Å²) in [5.74, 6) is 1.47. The Labute approximate surface area is 161 Å². The Hall–Kier alpha value is -2.44. The molecule has 0 aliphatic carbocycles. The standard InChI is InChI=1S/C20H30N2O5/c1-5-27-20(24)22-10-8-15(9-11-22)21-19(23)12-14(2)17-7-6-16(25-3)13-18(17)26-4/h6-7,13-15H,5,8-12H2,1-4H3,(H,21,23). The largest absolute Gasteiger partial charge is 0.497 e. The number of ether oxygens (including phenoxy) is 3. The molecule has 0 bridgehead atoms. The summed E-state index contributed by atoms with van der Waals surface area (Å²) >= 11 is 0. The van der Waals surface area contributed by atoms with Crippen LogP contribution in [-0.4, -0.2) is 56.9 Å². The fourth-order valence-electron chi connectivity index (χ4n) is 3.32. The summed E-state index contributed by atoms with van der Waals surface area (Å²) in [6.45, 7) is 5.39. The average molecular weight is 378 g/mol. The molecule has 1 aromatic carbocycles. The molecule has 0 saturated carbocycles. The summed E-state index contributed by atoms with van der Waals surface area (Å²) in [5.41, 5.74) is 0.977. The molecule has 1 saturated heterocycles. The van der Waals surface area contributed by atoms with Crippen molar-refractivity contribution in [3.05, 3.63) is 23.8 Å². The Bertz CT molecular complexity index is 641. The lowest BCUT2D eigenvalue weighted by Gasteiger charge is -2.31. The van der Waals surface area contributed by atoms with E-state index in [-0.39, 0.29) is 24.0 Å². The van der Waals surface area contributed by atoms with Gasteiger partial charge in [-0.1, -0.05) is 13.0 Å². The molecule has 7 nitrogen and oxygen atoms in total. The third-order valence-corrected chi connectivity index (χ3v) is 4.85. The van der Waals surface area contributed by atoms with Gasteiger partial charge in [0, 0.05) is 31.6 Å². The predicted molar refractivity (Wildman–Crippen MR) is 102 cm³/mol. The molecule has 0 radical (unpaired) electrons. The first kappa shape index (κ1) is 20.9. The maximum atomic E-state index is 12.5. The number of nitrogens with one attached hydrogen (secondary N) is 1. The van der Waals surface area contributed by atoms with Gasteiger partial charge >= 0.3 is 6.09 Å². The highest BCUT2D eigenvalue weighted by molar-refractivity contribution is 5.77. The van der Waals surface area contributed by atoms with Crippen LogP contribution in [-0.2, 0) is 9.53 Å². The second-order valence-electron chi connectivity index (χ2n) is 6.74. The third-order valence-electron chi connectivity index (χ3n) is 4.85. The van der Waals surface area contributed by atoms with Crippen molar-refractivity contribution >= 4 is 12.0 Å². The van der Waals surface area contributed by atoms with Crippen LogP contribution in [0.2, 0.25) is 0 Å². The van der Waals surface area contributed by atoms with E-state index in [0.717, 1.165) is 29.9 Å². The van der Waals surface area contributed by atoms with E-state index >= 15 is 0 Å². The highest BCUT2D eigenvalue weighted by Crippen LogP contribution is 2.32. The fourth-order valence-corrected chi connectivity index (χ4v) is 3.32. The van der Waals surface area contributed by atoms with Crippen molar-refractivity contribution < 1.29 is 23.8 Å². The molecule has 1 atom stereocenters. The normalized spacial score (nSPS) is 15.8. The van der Waals surface area contributed by atoms with Crippen molar-refractivity contribution in [2.75, 3.05) is 33.9 Å². The molecule has 1 aliphatic heterocycles. The van der Waals surface area contributed by atoms with Crippen molar-refractivity contribution in [3.63, 3.8) is 0 Å². The zero-order chi connectivity index (χ0) is 19.8. The lowest BCUT2D eigenvalue weighted by molar-refractivity contribution is -0.122. The molecule has 1 unspecified atom stereocenters. The lowest BCUT2D eigenvalue weighted by Crippen LogP contribution is -2.46. The topological polar surface area (TPSA) is 77.1 Å². The zero-order valence-corrected chi connectivity index (χ0v) is 16.6. The van der Waals surface area contributed by atoms with Gasteiger partial charge in [-0.25, -0.2) is 4.79 Å². The van der Waals surface area contributed by atoms with Crippen LogP contribution in [0.1, 0.15) is 44.6 Å². The minimum absolute atomic E-state index is 0.00922. The van der Waals surface area contributed by atoms with Gasteiger partial charge in [-0.15, -0.1) is 0 Å². The molecule has 2 rings (SSSR count). The molecule has 1 heterocycles. The van der Waals surface area contributed by atoms with Gasteiger partial charge in [-0.05, 0) is 37.3 Å². The molecule has 1 aliphatic rings. The molecule has 27 heavy (non-hydrogen) atoms. The summed E-state index contributed by atoms with van der Waals surface area (Å²) in [6, 6.07) is 5.73. The molecule has 150 valence electrons. The van der Waals surface area contributed by atoms with Crippen LogP contribution in [0.4, 0.5) is 4.79 Å². The summed E-state index contributed by atoms with van der Waals surface area (Å²) in [4.78, 5) is 25.9. The Morgan fingerprint density at radius 1 is 1.22 bits per heavy atom. The Kier molecular flexibility index (Phi) is 7.76. The summed E-state index contributed by atoms with van der Waals surface area (Å²) in [6.07, 6.45) is 1.58. The van der Waals surface area contributed by atoms with Crippen molar-refractivity contribution in [2.24, 2.45) is 0 Å². The zero-order valence-electron chi connectivity index (χ0n) is 16.6. The van der Waals surface area contributed by atoms with E-state index in [4.69, 9.17) is 14.2 Å².